The van der Waals surface area contributed by atoms with Crippen LogP contribution in [0.15, 0.2) is 48.4 Å². The Morgan fingerprint density at radius 2 is 1.95 bits per heavy atom. The fourth-order valence-corrected chi connectivity index (χ4v) is 2.18. The first-order chi connectivity index (χ1) is 9.72. The van der Waals surface area contributed by atoms with E-state index in [-0.39, 0.29) is 23.1 Å². The van der Waals surface area contributed by atoms with E-state index in [0.29, 0.717) is 12.2 Å². The second-order valence-electron chi connectivity index (χ2n) is 4.29. The van der Waals surface area contributed by atoms with Crippen molar-refractivity contribution in [3.8, 4) is 11.1 Å². The average Bonchev–Trinajstić information content (AvgIpc) is 2.91. The maximum atomic E-state index is 12.4. The van der Waals surface area contributed by atoms with Crippen molar-refractivity contribution in [1.82, 2.24) is 9.78 Å². The number of carbonyl (C=O) groups is 2. The summed E-state index contributed by atoms with van der Waals surface area (Å²) in [5.74, 6) is -0.615. The molecule has 5 nitrogen and oxygen atoms in total. The van der Waals surface area contributed by atoms with E-state index in [0.717, 1.165) is 10.2 Å². The fraction of sp³-hybridized carbons (Fsp3) is 0.133. The van der Waals surface area contributed by atoms with Gasteiger partial charge in [-0.25, -0.2) is 0 Å². The largest absolute Gasteiger partial charge is 0.489 e. The van der Waals surface area contributed by atoms with Gasteiger partial charge in [0.2, 0.25) is 5.78 Å². The Morgan fingerprint density at radius 3 is 2.65 bits per heavy atom. The summed E-state index contributed by atoms with van der Waals surface area (Å²) in [5.41, 5.74) is 1.73. The summed E-state index contributed by atoms with van der Waals surface area (Å²) in [6, 6.07) is 9.36. The number of ketones is 1. The molecule has 1 aromatic carbocycles. The second-order valence-corrected chi connectivity index (χ2v) is 4.29. The van der Waals surface area contributed by atoms with Crippen molar-refractivity contribution in [3.63, 3.8) is 0 Å². The van der Waals surface area contributed by atoms with Crippen LogP contribution >= 0.6 is 0 Å². The third kappa shape index (κ3) is 1.84. The van der Waals surface area contributed by atoms with Crippen LogP contribution in [0.1, 0.15) is 22.2 Å². The molecule has 1 aliphatic heterocycles. The van der Waals surface area contributed by atoms with Crippen molar-refractivity contribution < 1.29 is 14.3 Å². The van der Waals surface area contributed by atoms with Gasteiger partial charge in [-0.15, -0.1) is 0 Å². The molecule has 0 amide bonds. The van der Waals surface area contributed by atoms with Crippen molar-refractivity contribution in [2.45, 2.75) is 6.92 Å². The van der Waals surface area contributed by atoms with Gasteiger partial charge >= 0.3 is 0 Å². The Hall–Kier alpha value is -2.69. The first-order valence-electron chi connectivity index (χ1n) is 6.29. The lowest BCUT2D eigenvalue weighted by Gasteiger charge is -2.14. The number of rotatable bonds is 3. The van der Waals surface area contributed by atoms with E-state index < -0.39 is 0 Å². The molecule has 0 aliphatic carbocycles. The van der Waals surface area contributed by atoms with Gasteiger partial charge in [0.25, 0.3) is 5.91 Å². The lowest BCUT2D eigenvalue weighted by Crippen LogP contribution is -2.25. The van der Waals surface area contributed by atoms with Gasteiger partial charge < -0.3 is 4.74 Å². The fourth-order valence-electron chi connectivity index (χ4n) is 2.18. The topological polar surface area (TPSA) is 61.2 Å². The predicted octanol–water partition coefficient (Wildman–Crippen LogP) is 2.31. The van der Waals surface area contributed by atoms with Crippen LogP contribution in [-0.2, 0) is 4.74 Å². The van der Waals surface area contributed by atoms with E-state index in [1.54, 1.807) is 6.92 Å². The standard InChI is InChI=1S/C15H12N2O3/c1-2-20-12-8-13(18)17-14(15(12)19)11(9-16-17)10-6-4-3-5-7-10/h3-9H,2H2,1H3. The summed E-state index contributed by atoms with van der Waals surface area (Å²) in [5, 5.41) is 4.01. The third-order valence-electron chi connectivity index (χ3n) is 3.06. The summed E-state index contributed by atoms with van der Waals surface area (Å²) in [6.07, 6.45) is 2.71. The van der Waals surface area contributed by atoms with Gasteiger partial charge in [-0.05, 0) is 12.5 Å². The Labute approximate surface area is 115 Å². The summed E-state index contributed by atoms with van der Waals surface area (Å²) in [7, 11) is 0. The molecule has 0 spiro atoms. The molecule has 20 heavy (non-hydrogen) atoms. The molecule has 0 fully saturated rings. The predicted molar refractivity (Wildman–Crippen MR) is 72.3 cm³/mol. The van der Waals surface area contributed by atoms with E-state index in [2.05, 4.69) is 5.10 Å². The molecular formula is C15H12N2O3. The summed E-state index contributed by atoms with van der Waals surface area (Å²) in [4.78, 5) is 24.4. The van der Waals surface area contributed by atoms with Gasteiger partial charge in [-0.3, -0.25) is 9.59 Å². The zero-order valence-corrected chi connectivity index (χ0v) is 10.9. The number of aromatic nitrogens is 2. The first-order valence-corrected chi connectivity index (χ1v) is 6.29. The van der Waals surface area contributed by atoms with Crippen LogP contribution in [0.3, 0.4) is 0 Å². The monoisotopic (exact) mass is 268 g/mol. The SMILES string of the molecule is CCOC1=CC(=O)n2ncc(-c3ccccc3)c2C1=O. The Kier molecular flexibility index (Phi) is 2.95. The van der Waals surface area contributed by atoms with E-state index in [1.807, 2.05) is 30.3 Å². The highest BCUT2D eigenvalue weighted by Gasteiger charge is 2.31. The minimum absolute atomic E-state index is 0.0719. The second kappa shape index (κ2) is 4.77. The van der Waals surface area contributed by atoms with Crippen LogP contribution in [0.2, 0.25) is 0 Å². The molecule has 0 N–H and O–H groups in total. The van der Waals surface area contributed by atoms with E-state index >= 15 is 0 Å². The zero-order chi connectivity index (χ0) is 14.1. The van der Waals surface area contributed by atoms with Crippen molar-refractivity contribution in [2.75, 3.05) is 6.61 Å². The minimum Gasteiger partial charge on any atom is -0.489 e. The molecule has 2 heterocycles. The number of carbonyl (C=O) groups excluding carboxylic acids is 2. The molecule has 0 saturated carbocycles. The van der Waals surface area contributed by atoms with Gasteiger partial charge in [-0.1, -0.05) is 30.3 Å². The molecule has 0 atom stereocenters. The molecule has 1 aromatic heterocycles. The molecule has 100 valence electrons. The summed E-state index contributed by atoms with van der Waals surface area (Å²) >= 11 is 0. The van der Waals surface area contributed by atoms with Gasteiger partial charge in [0, 0.05) is 5.56 Å². The molecule has 0 bridgehead atoms. The lowest BCUT2D eigenvalue weighted by atomic mass is 10.0. The van der Waals surface area contributed by atoms with Crippen molar-refractivity contribution in [1.29, 1.82) is 0 Å². The number of ether oxygens (including phenoxy) is 1. The molecule has 0 saturated heterocycles. The minimum atomic E-state index is -0.370. The quantitative estimate of drug-likeness (QED) is 0.857. The van der Waals surface area contributed by atoms with Crippen LogP contribution in [0, 0.1) is 0 Å². The number of Topliss-reactive ketones (excluding diaryl/α,β-unsaturated/α-hetero) is 1. The Balaban J connectivity index is 2.14. The van der Waals surface area contributed by atoms with E-state index in [4.69, 9.17) is 4.74 Å². The van der Waals surface area contributed by atoms with Gasteiger partial charge in [0.15, 0.2) is 5.76 Å². The molecule has 0 radical (unpaired) electrons. The number of benzene rings is 1. The molecule has 2 aromatic rings. The van der Waals surface area contributed by atoms with Crippen LogP contribution in [-0.4, -0.2) is 28.1 Å². The van der Waals surface area contributed by atoms with Crippen molar-refractivity contribution in [3.05, 3.63) is 54.1 Å². The Morgan fingerprint density at radius 1 is 1.20 bits per heavy atom. The highest BCUT2D eigenvalue weighted by atomic mass is 16.5. The third-order valence-corrected chi connectivity index (χ3v) is 3.06. The molecular weight excluding hydrogens is 256 g/mol. The first kappa shape index (κ1) is 12.3. The maximum Gasteiger partial charge on any atom is 0.275 e. The van der Waals surface area contributed by atoms with E-state index in [9.17, 15) is 9.59 Å². The van der Waals surface area contributed by atoms with Crippen LogP contribution < -0.4 is 0 Å². The van der Waals surface area contributed by atoms with Gasteiger partial charge in [0.1, 0.15) is 5.69 Å². The number of hydrogen-bond acceptors (Lipinski definition) is 4. The lowest BCUT2D eigenvalue weighted by molar-refractivity contribution is 0.0836. The molecule has 3 rings (SSSR count). The summed E-state index contributed by atoms with van der Waals surface area (Å²) < 4.78 is 6.35. The number of hydrogen-bond donors (Lipinski definition) is 0. The smallest absolute Gasteiger partial charge is 0.275 e. The highest BCUT2D eigenvalue weighted by molar-refractivity contribution is 6.18. The van der Waals surface area contributed by atoms with Crippen LogP contribution in [0.5, 0.6) is 0 Å². The van der Waals surface area contributed by atoms with E-state index in [1.165, 1.54) is 12.3 Å². The molecule has 5 heteroatoms. The number of allylic oxidation sites excluding steroid dienone is 2. The van der Waals surface area contributed by atoms with Gasteiger partial charge in [-0.2, -0.15) is 9.78 Å². The van der Waals surface area contributed by atoms with Gasteiger partial charge in [0.05, 0.1) is 18.9 Å². The zero-order valence-electron chi connectivity index (χ0n) is 10.9. The number of nitrogens with zero attached hydrogens (tertiary/aromatic N) is 2. The summed E-state index contributed by atoms with van der Waals surface area (Å²) in [6.45, 7) is 2.10. The maximum absolute atomic E-state index is 12.4. The Bertz CT molecular complexity index is 714. The van der Waals surface area contributed by atoms with Crippen molar-refractivity contribution >= 4 is 11.7 Å². The van der Waals surface area contributed by atoms with Crippen LogP contribution in [0.4, 0.5) is 0 Å². The van der Waals surface area contributed by atoms with Crippen LogP contribution in [0.25, 0.3) is 11.1 Å². The highest BCUT2D eigenvalue weighted by Crippen LogP contribution is 2.28. The normalized spacial score (nSPS) is 13.9. The number of fused-ring (bicyclic) bond motifs is 1. The molecule has 0 unspecified atom stereocenters. The average molecular weight is 268 g/mol. The molecule has 1 aliphatic rings. The van der Waals surface area contributed by atoms with Crippen molar-refractivity contribution in [2.24, 2.45) is 0 Å².